The van der Waals surface area contributed by atoms with Crippen LogP contribution in [0.25, 0.3) is 0 Å². The first-order valence-electron chi connectivity index (χ1n) is 4.17. The minimum absolute atomic E-state index is 0.0378. The van der Waals surface area contributed by atoms with E-state index in [4.69, 9.17) is 10.8 Å². The van der Waals surface area contributed by atoms with Crippen LogP contribution in [0.2, 0.25) is 0 Å². The average molecular weight is 165 g/mol. The minimum atomic E-state index is -0.160. The molecule has 0 saturated carbocycles. The fraction of sp³-hybridized carbons (Fsp3) is 0.400. The molecule has 0 heterocycles. The Morgan fingerprint density at radius 3 is 2.42 bits per heavy atom. The molecular weight excluding hydrogens is 150 g/mol. The van der Waals surface area contributed by atoms with Crippen LogP contribution in [0, 0.1) is 0 Å². The molecule has 0 unspecified atom stereocenters. The van der Waals surface area contributed by atoms with Crippen molar-refractivity contribution < 1.29 is 5.11 Å². The van der Waals surface area contributed by atoms with Gasteiger partial charge in [0.05, 0.1) is 6.61 Å². The van der Waals surface area contributed by atoms with Crippen molar-refractivity contribution in [2.24, 2.45) is 5.73 Å². The molecule has 66 valence electrons. The van der Waals surface area contributed by atoms with E-state index in [2.05, 4.69) is 0 Å². The highest BCUT2D eigenvalue weighted by Gasteiger charge is 2.12. The van der Waals surface area contributed by atoms with Gasteiger partial charge in [0, 0.05) is 6.04 Å². The Morgan fingerprint density at radius 1 is 1.33 bits per heavy atom. The highest BCUT2D eigenvalue weighted by molar-refractivity contribution is 5.20. The van der Waals surface area contributed by atoms with E-state index >= 15 is 0 Å². The molecule has 2 atom stereocenters. The lowest BCUT2D eigenvalue weighted by Gasteiger charge is -2.17. The summed E-state index contributed by atoms with van der Waals surface area (Å²) in [4.78, 5) is 0. The maximum atomic E-state index is 8.84. The molecule has 0 aliphatic rings. The van der Waals surface area contributed by atoms with Crippen LogP contribution in [0.15, 0.2) is 30.3 Å². The number of rotatable bonds is 3. The van der Waals surface area contributed by atoms with Gasteiger partial charge in [-0.3, -0.25) is 0 Å². The van der Waals surface area contributed by atoms with Crippen molar-refractivity contribution in [2.75, 3.05) is 6.61 Å². The number of aliphatic hydroxyl groups excluding tert-OH is 1. The topological polar surface area (TPSA) is 46.2 Å². The molecule has 3 N–H and O–H groups in total. The fourth-order valence-electron chi connectivity index (χ4n) is 1.16. The Labute approximate surface area is 73.0 Å². The van der Waals surface area contributed by atoms with Crippen LogP contribution < -0.4 is 5.73 Å². The van der Waals surface area contributed by atoms with Gasteiger partial charge in [0.2, 0.25) is 0 Å². The number of hydrogen-bond acceptors (Lipinski definition) is 2. The zero-order valence-electron chi connectivity index (χ0n) is 7.27. The Hall–Kier alpha value is -0.860. The van der Waals surface area contributed by atoms with Gasteiger partial charge in [-0.25, -0.2) is 0 Å². The van der Waals surface area contributed by atoms with Crippen molar-refractivity contribution in [1.29, 1.82) is 0 Å². The summed E-state index contributed by atoms with van der Waals surface area (Å²) >= 11 is 0. The van der Waals surface area contributed by atoms with Crippen LogP contribution in [0.5, 0.6) is 0 Å². The van der Waals surface area contributed by atoms with E-state index in [1.54, 1.807) is 0 Å². The quantitative estimate of drug-likeness (QED) is 0.704. The summed E-state index contributed by atoms with van der Waals surface area (Å²) in [5, 5.41) is 8.84. The molecule has 1 rings (SSSR count). The molecule has 0 spiro atoms. The highest BCUT2D eigenvalue weighted by Crippen LogP contribution is 2.16. The normalized spacial score (nSPS) is 15.6. The second-order valence-corrected chi connectivity index (χ2v) is 3.05. The molecule has 0 radical (unpaired) electrons. The van der Waals surface area contributed by atoms with E-state index in [1.165, 1.54) is 5.56 Å². The fourth-order valence-corrected chi connectivity index (χ4v) is 1.16. The average Bonchev–Trinajstić information content (AvgIpc) is 2.17. The standard InChI is InChI=1S/C10H15NO/c1-8(10(11)7-12)9-5-3-2-4-6-9/h2-6,8,10,12H,7,11H2,1H3/t8-,10+/m0/s1. The van der Waals surface area contributed by atoms with Crippen LogP contribution in [-0.2, 0) is 0 Å². The maximum Gasteiger partial charge on any atom is 0.0588 e. The van der Waals surface area contributed by atoms with Crippen LogP contribution in [-0.4, -0.2) is 17.8 Å². The monoisotopic (exact) mass is 165 g/mol. The van der Waals surface area contributed by atoms with E-state index in [9.17, 15) is 0 Å². The highest BCUT2D eigenvalue weighted by atomic mass is 16.3. The lowest BCUT2D eigenvalue weighted by Crippen LogP contribution is -2.30. The van der Waals surface area contributed by atoms with E-state index in [1.807, 2.05) is 37.3 Å². The van der Waals surface area contributed by atoms with Gasteiger partial charge >= 0.3 is 0 Å². The van der Waals surface area contributed by atoms with E-state index in [0.717, 1.165) is 0 Å². The molecule has 0 aromatic heterocycles. The van der Waals surface area contributed by atoms with Gasteiger partial charge in [-0.2, -0.15) is 0 Å². The molecule has 2 heteroatoms. The largest absolute Gasteiger partial charge is 0.395 e. The molecule has 0 fully saturated rings. The SMILES string of the molecule is C[C@@H](c1ccccc1)[C@H](N)CO. The Bertz CT molecular complexity index is 223. The summed E-state index contributed by atoms with van der Waals surface area (Å²) in [5.74, 6) is 0.219. The van der Waals surface area contributed by atoms with E-state index in [0.29, 0.717) is 0 Å². The molecule has 0 amide bonds. The van der Waals surface area contributed by atoms with Crippen LogP contribution in [0.1, 0.15) is 18.4 Å². The first-order chi connectivity index (χ1) is 5.75. The summed E-state index contributed by atoms with van der Waals surface area (Å²) in [6, 6.07) is 9.83. The van der Waals surface area contributed by atoms with Crippen molar-refractivity contribution in [3.05, 3.63) is 35.9 Å². The van der Waals surface area contributed by atoms with Crippen LogP contribution in [0.3, 0.4) is 0 Å². The lowest BCUT2D eigenvalue weighted by molar-refractivity contribution is 0.252. The molecule has 0 saturated heterocycles. The zero-order valence-corrected chi connectivity index (χ0v) is 7.27. The first-order valence-corrected chi connectivity index (χ1v) is 4.17. The molecule has 1 aromatic carbocycles. The molecule has 0 bridgehead atoms. The van der Waals surface area contributed by atoms with Crippen molar-refractivity contribution in [3.63, 3.8) is 0 Å². The lowest BCUT2D eigenvalue weighted by atomic mass is 9.95. The third kappa shape index (κ3) is 2.06. The third-order valence-corrected chi connectivity index (χ3v) is 2.18. The zero-order chi connectivity index (χ0) is 8.97. The molecule has 2 nitrogen and oxygen atoms in total. The Kier molecular flexibility index (Phi) is 3.26. The smallest absolute Gasteiger partial charge is 0.0588 e. The first kappa shape index (κ1) is 9.23. The van der Waals surface area contributed by atoms with Crippen molar-refractivity contribution in [3.8, 4) is 0 Å². The van der Waals surface area contributed by atoms with Crippen LogP contribution >= 0.6 is 0 Å². The predicted octanol–water partition coefficient (Wildman–Crippen LogP) is 1.11. The second-order valence-electron chi connectivity index (χ2n) is 3.05. The number of aliphatic hydroxyl groups is 1. The van der Waals surface area contributed by atoms with Gasteiger partial charge in [0.15, 0.2) is 0 Å². The van der Waals surface area contributed by atoms with Gasteiger partial charge in [-0.05, 0) is 11.5 Å². The molecule has 0 aliphatic carbocycles. The molecule has 1 aromatic rings. The summed E-state index contributed by atoms with van der Waals surface area (Å²) in [6.07, 6.45) is 0. The molecule has 0 aliphatic heterocycles. The number of hydrogen-bond donors (Lipinski definition) is 2. The molecular formula is C10H15NO. The second kappa shape index (κ2) is 4.24. The van der Waals surface area contributed by atoms with E-state index < -0.39 is 0 Å². The van der Waals surface area contributed by atoms with Crippen molar-refractivity contribution in [2.45, 2.75) is 18.9 Å². The third-order valence-electron chi connectivity index (χ3n) is 2.18. The van der Waals surface area contributed by atoms with Crippen LogP contribution in [0.4, 0.5) is 0 Å². The van der Waals surface area contributed by atoms with Crippen molar-refractivity contribution >= 4 is 0 Å². The Balaban J connectivity index is 2.71. The predicted molar refractivity (Wildman–Crippen MR) is 49.9 cm³/mol. The summed E-state index contributed by atoms with van der Waals surface area (Å²) in [6.45, 7) is 2.06. The summed E-state index contributed by atoms with van der Waals surface area (Å²) < 4.78 is 0. The summed E-state index contributed by atoms with van der Waals surface area (Å²) in [5.41, 5.74) is 6.88. The van der Waals surface area contributed by atoms with Gasteiger partial charge in [-0.1, -0.05) is 37.3 Å². The Morgan fingerprint density at radius 2 is 1.92 bits per heavy atom. The number of benzene rings is 1. The molecule has 12 heavy (non-hydrogen) atoms. The van der Waals surface area contributed by atoms with Gasteiger partial charge in [-0.15, -0.1) is 0 Å². The van der Waals surface area contributed by atoms with Crippen molar-refractivity contribution in [1.82, 2.24) is 0 Å². The van der Waals surface area contributed by atoms with E-state index in [-0.39, 0.29) is 18.6 Å². The maximum absolute atomic E-state index is 8.84. The number of nitrogens with two attached hydrogens (primary N) is 1. The minimum Gasteiger partial charge on any atom is -0.395 e. The van der Waals surface area contributed by atoms with Gasteiger partial charge in [0.1, 0.15) is 0 Å². The van der Waals surface area contributed by atoms with Gasteiger partial charge in [0.25, 0.3) is 0 Å². The summed E-state index contributed by atoms with van der Waals surface area (Å²) in [7, 11) is 0. The van der Waals surface area contributed by atoms with Gasteiger partial charge < -0.3 is 10.8 Å².